The lowest BCUT2D eigenvalue weighted by atomic mass is 10.1. The number of rotatable bonds is 7. The Bertz CT molecular complexity index is 505. The summed E-state index contributed by atoms with van der Waals surface area (Å²) in [7, 11) is 0. The van der Waals surface area contributed by atoms with E-state index in [-0.39, 0.29) is 11.9 Å². The summed E-state index contributed by atoms with van der Waals surface area (Å²) in [5.41, 5.74) is 0.754. The van der Waals surface area contributed by atoms with Gasteiger partial charge in [-0.2, -0.15) is 0 Å². The Morgan fingerprint density at radius 1 is 1.57 bits per heavy atom. The van der Waals surface area contributed by atoms with Crippen molar-refractivity contribution in [2.45, 2.75) is 39.8 Å². The van der Waals surface area contributed by atoms with Crippen LogP contribution in [0.25, 0.3) is 0 Å². The minimum atomic E-state index is -0.197. The van der Waals surface area contributed by atoms with Gasteiger partial charge in [0, 0.05) is 44.9 Å². The summed E-state index contributed by atoms with van der Waals surface area (Å²) in [6.07, 6.45) is 0. The first-order valence-electron chi connectivity index (χ1n) is 8.31. The van der Waals surface area contributed by atoms with Crippen molar-refractivity contribution in [2.24, 2.45) is 0 Å². The van der Waals surface area contributed by atoms with E-state index in [0.717, 1.165) is 45.1 Å². The number of hydrogen-bond donors (Lipinski definition) is 1. The molecule has 7 heteroatoms. The number of ether oxygens (including phenoxy) is 1. The van der Waals surface area contributed by atoms with Crippen LogP contribution in [0.5, 0.6) is 0 Å². The van der Waals surface area contributed by atoms with Gasteiger partial charge in [0.25, 0.3) is 0 Å². The number of hydrogen-bond acceptors (Lipinski definition) is 6. The molecular weight excluding hydrogens is 296 g/mol. The van der Waals surface area contributed by atoms with E-state index in [1.807, 2.05) is 20.8 Å². The molecule has 0 radical (unpaired) electrons. The molecule has 1 N–H and O–H groups in total. The molecule has 0 aliphatic carbocycles. The number of nitrogens with one attached hydrogen (secondary N) is 1. The van der Waals surface area contributed by atoms with E-state index in [1.165, 1.54) is 0 Å². The van der Waals surface area contributed by atoms with Gasteiger partial charge in [-0.15, -0.1) is 0 Å². The molecule has 0 saturated carbocycles. The quantitative estimate of drug-likeness (QED) is 0.764. The van der Waals surface area contributed by atoms with Gasteiger partial charge in [0.05, 0.1) is 18.3 Å². The Labute approximate surface area is 137 Å². The van der Waals surface area contributed by atoms with Crippen LogP contribution in [0, 0.1) is 6.92 Å². The van der Waals surface area contributed by atoms with Crippen molar-refractivity contribution in [1.29, 1.82) is 0 Å². The Balaban J connectivity index is 1.81. The van der Waals surface area contributed by atoms with Gasteiger partial charge in [-0.05, 0) is 27.7 Å². The molecule has 0 aromatic carbocycles. The molecule has 0 spiro atoms. The minimum Gasteiger partial charge on any atom is -0.380 e. The summed E-state index contributed by atoms with van der Waals surface area (Å²) >= 11 is 0. The normalized spacial score (nSPS) is 21.3. The number of nitrogens with zero attached hydrogens (tertiary/aromatic N) is 3. The Morgan fingerprint density at radius 2 is 2.35 bits per heavy atom. The van der Waals surface area contributed by atoms with Crippen molar-refractivity contribution in [3.8, 4) is 0 Å². The summed E-state index contributed by atoms with van der Waals surface area (Å²) in [6.45, 7) is 13.1. The number of piperazine rings is 1. The number of anilines is 1. The Kier molecular flexibility index (Phi) is 6.56. The maximum Gasteiger partial charge on any atom is 0.243 e. The number of carbonyl (C=O) groups excluding carboxylic acids is 1. The molecule has 130 valence electrons. The third-order valence-electron chi connectivity index (χ3n) is 4.32. The van der Waals surface area contributed by atoms with Crippen LogP contribution in [0.4, 0.5) is 5.88 Å². The van der Waals surface area contributed by atoms with Gasteiger partial charge in [0.15, 0.2) is 0 Å². The molecule has 1 aromatic heterocycles. The van der Waals surface area contributed by atoms with Gasteiger partial charge in [-0.1, -0.05) is 5.16 Å². The molecule has 1 aliphatic rings. The molecule has 1 aromatic rings. The second-order valence-corrected chi connectivity index (χ2v) is 6.07. The van der Waals surface area contributed by atoms with Crippen molar-refractivity contribution < 1.29 is 14.1 Å². The number of carbonyl (C=O) groups is 1. The van der Waals surface area contributed by atoms with Gasteiger partial charge in [0.1, 0.15) is 0 Å². The molecule has 2 rings (SSSR count). The third kappa shape index (κ3) is 5.02. The lowest BCUT2D eigenvalue weighted by Gasteiger charge is -2.41. The number of aryl methyl sites for hydroxylation is 1. The Morgan fingerprint density at radius 3 is 2.96 bits per heavy atom. The van der Waals surface area contributed by atoms with E-state index < -0.39 is 0 Å². The van der Waals surface area contributed by atoms with Crippen molar-refractivity contribution >= 4 is 11.8 Å². The second-order valence-electron chi connectivity index (χ2n) is 6.07. The molecule has 1 aliphatic heterocycles. The van der Waals surface area contributed by atoms with Gasteiger partial charge in [-0.3, -0.25) is 19.9 Å². The molecule has 0 bridgehead atoms. The van der Waals surface area contributed by atoms with E-state index >= 15 is 0 Å². The van der Waals surface area contributed by atoms with E-state index in [9.17, 15) is 4.79 Å². The van der Waals surface area contributed by atoms with E-state index in [2.05, 4.69) is 27.2 Å². The first kappa shape index (κ1) is 17.9. The average molecular weight is 324 g/mol. The van der Waals surface area contributed by atoms with Crippen molar-refractivity contribution in [3.63, 3.8) is 0 Å². The van der Waals surface area contributed by atoms with Crippen LogP contribution in [0.1, 0.15) is 26.5 Å². The number of aromatic nitrogens is 1. The first-order valence-corrected chi connectivity index (χ1v) is 8.31. The minimum absolute atomic E-state index is 0.0592. The van der Waals surface area contributed by atoms with Crippen LogP contribution in [-0.4, -0.2) is 72.3 Å². The summed E-state index contributed by atoms with van der Waals surface area (Å²) in [4.78, 5) is 17.0. The lowest BCUT2D eigenvalue weighted by molar-refractivity contribution is -0.122. The fraction of sp³-hybridized carbons (Fsp3) is 0.750. The van der Waals surface area contributed by atoms with E-state index in [4.69, 9.17) is 9.26 Å². The first-order chi connectivity index (χ1) is 11.0. The maximum absolute atomic E-state index is 12.3. The van der Waals surface area contributed by atoms with Crippen LogP contribution in [0.2, 0.25) is 0 Å². The molecule has 1 saturated heterocycles. The van der Waals surface area contributed by atoms with Crippen LogP contribution >= 0.6 is 0 Å². The van der Waals surface area contributed by atoms with Gasteiger partial charge in [0.2, 0.25) is 11.8 Å². The zero-order valence-electron chi connectivity index (χ0n) is 14.5. The molecule has 0 unspecified atom stereocenters. The molecule has 23 heavy (non-hydrogen) atoms. The van der Waals surface area contributed by atoms with Crippen LogP contribution in [0.3, 0.4) is 0 Å². The molecule has 2 atom stereocenters. The SMILES string of the molecule is CCOCCN1CCN([C@@H](C)C(=O)Nc2cc(C)no2)C[C@H]1C. The molecular formula is C16H28N4O3. The zero-order valence-corrected chi connectivity index (χ0v) is 14.5. The topological polar surface area (TPSA) is 70.8 Å². The van der Waals surface area contributed by atoms with Gasteiger partial charge >= 0.3 is 0 Å². The summed E-state index contributed by atoms with van der Waals surface area (Å²) in [5, 5.41) is 6.56. The smallest absolute Gasteiger partial charge is 0.243 e. The van der Waals surface area contributed by atoms with E-state index in [0.29, 0.717) is 11.9 Å². The van der Waals surface area contributed by atoms with E-state index in [1.54, 1.807) is 6.07 Å². The fourth-order valence-corrected chi connectivity index (χ4v) is 2.85. The van der Waals surface area contributed by atoms with Crippen LogP contribution < -0.4 is 5.32 Å². The summed E-state index contributed by atoms with van der Waals surface area (Å²) < 4.78 is 10.5. The Hall–Kier alpha value is -1.44. The second kappa shape index (κ2) is 8.42. The predicted octanol–water partition coefficient (Wildman–Crippen LogP) is 1.35. The molecule has 7 nitrogen and oxygen atoms in total. The highest BCUT2D eigenvalue weighted by atomic mass is 16.5. The highest BCUT2D eigenvalue weighted by molar-refractivity contribution is 5.93. The van der Waals surface area contributed by atoms with Crippen molar-refractivity contribution in [2.75, 3.05) is 44.7 Å². The van der Waals surface area contributed by atoms with Crippen molar-refractivity contribution in [3.05, 3.63) is 11.8 Å². The highest BCUT2D eigenvalue weighted by Gasteiger charge is 2.29. The zero-order chi connectivity index (χ0) is 16.8. The van der Waals surface area contributed by atoms with Crippen molar-refractivity contribution in [1.82, 2.24) is 15.0 Å². The lowest BCUT2D eigenvalue weighted by Crippen LogP contribution is -2.57. The number of amides is 1. The monoisotopic (exact) mass is 324 g/mol. The predicted molar refractivity (Wildman–Crippen MR) is 88.4 cm³/mol. The standard InChI is InChI=1S/C16H28N4O3/c1-5-22-9-8-19-6-7-20(11-13(19)3)14(4)16(21)17-15-10-12(2)18-23-15/h10,13-14H,5-9,11H2,1-4H3,(H,17,21)/t13-,14+/m1/s1. The third-order valence-corrected chi connectivity index (χ3v) is 4.32. The van der Waals surface area contributed by atoms with Gasteiger partial charge < -0.3 is 9.26 Å². The molecule has 1 fully saturated rings. The summed E-state index contributed by atoms with van der Waals surface area (Å²) in [6, 6.07) is 1.93. The summed E-state index contributed by atoms with van der Waals surface area (Å²) in [5.74, 6) is 0.346. The highest BCUT2D eigenvalue weighted by Crippen LogP contribution is 2.14. The molecule has 1 amide bonds. The largest absolute Gasteiger partial charge is 0.380 e. The van der Waals surface area contributed by atoms with Crippen LogP contribution in [0.15, 0.2) is 10.6 Å². The maximum atomic E-state index is 12.3. The van der Waals surface area contributed by atoms with Gasteiger partial charge in [-0.25, -0.2) is 0 Å². The average Bonchev–Trinajstić information content (AvgIpc) is 2.93. The molecule has 2 heterocycles. The fourth-order valence-electron chi connectivity index (χ4n) is 2.85. The van der Waals surface area contributed by atoms with Crippen LogP contribution in [-0.2, 0) is 9.53 Å².